The van der Waals surface area contributed by atoms with Gasteiger partial charge in [0.25, 0.3) is 0 Å². The van der Waals surface area contributed by atoms with Gasteiger partial charge in [-0.2, -0.15) is 0 Å². The molecule has 6 nitrogen and oxygen atoms in total. The molecule has 1 aliphatic rings. The molecular weight excluding hydrogens is 332 g/mol. The van der Waals surface area contributed by atoms with Gasteiger partial charge in [-0.15, -0.1) is 0 Å². The Bertz CT molecular complexity index is 686. The number of piperidine rings is 1. The van der Waals surface area contributed by atoms with Crippen LogP contribution in [0, 0.1) is 0 Å². The third-order valence-electron chi connectivity index (χ3n) is 4.57. The highest BCUT2D eigenvalue weighted by Gasteiger charge is 2.27. The van der Waals surface area contributed by atoms with Crippen LogP contribution in [0.5, 0.6) is 0 Å². The number of methoxy groups -OCH3 is 1. The molecule has 1 aromatic heterocycles. The number of ether oxygens (including phenoxy) is 2. The van der Waals surface area contributed by atoms with Gasteiger partial charge >= 0.3 is 0 Å². The Hall–Kier alpha value is -2.18. The number of aromatic nitrogens is 1. The minimum atomic E-state index is 0.0156. The van der Waals surface area contributed by atoms with Crippen molar-refractivity contribution < 1.29 is 18.7 Å². The Balaban J connectivity index is 1.53. The predicted molar refractivity (Wildman–Crippen MR) is 97.0 cm³/mol. The summed E-state index contributed by atoms with van der Waals surface area (Å²) in [6, 6.07) is 10.2. The molecule has 1 aromatic carbocycles. The summed E-state index contributed by atoms with van der Waals surface area (Å²) in [4.78, 5) is 18.6. The molecule has 140 valence electrons. The Morgan fingerprint density at radius 1 is 1.31 bits per heavy atom. The van der Waals surface area contributed by atoms with E-state index in [1.165, 1.54) is 5.56 Å². The highest BCUT2D eigenvalue weighted by atomic mass is 16.5. The van der Waals surface area contributed by atoms with Gasteiger partial charge in [-0.25, -0.2) is 4.98 Å². The van der Waals surface area contributed by atoms with Crippen LogP contribution < -0.4 is 0 Å². The van der Waals surface area contributed by atoms with Crippen LogP contribution in [0.3, 0.4) is 0 Å². The molecule has 0 spiro atoms. The minimum Gasteiger partial charge on any atom is -0.445 e. The number of benzene rings is 1. The quantitative estimate of drug-likeness (QED) is 0.679. The summed E-state index contributed by atoms with van der Waals surface area (Å²) in [5.74, 6) is 1.75. The summed E-state index contributed by atoms with van der Waals surface area (Å²) < 4.78 is 16.2. The van der Waals surface area contributed by atoms with Crippen LogP contribution in [0.25, 0.3) is 0 Å². The first-order chi connectivity index (χ1) is 12.8. The fourth-order valence-corrected chi connectivity index (χ4v) is 3.19. The third kappa shape index (κ3) is 5.16. The van der Waals surface area contributed by atoms with Gasteiger partial charge in [-0.1, -0.05) is 30.3 Å². The first kappa shape index (κ1) is 18.6. The topological polar surface area (TPSA) is 64.8 Å². The first-order valence-electron chi connectivity index (χ1n) is 9.09. The molecule has 2 heterocycles. The van der Waals surface area contributed by atoms with Gasteiger partial charge in [0.05, 0.1) is 25.3 Å². The monoisotopic (exact) mass is 358 g/mol. The molecule has 0 aliphatic carbocycles. The maximum absolute atomic E-state index is 12.3. The van der Waals surface area contributed by atoms with Crippen molar-refractivity contribution in [3.05, 3.63) is 53.7 Å². The summed E-state index contributed by atoms with van der Waals surface area (Å²) >= 11 is 0. The Morgan fingerprint density at radius 3 is 2.96 bits per heavy atom. The number of carbonyl (C=O) groups is 1. The zero-order valence-corrected chi connectivity index (χ0v) is 15.2. The van der Waals surface area contributed by atoms with Crippen molar-refractivity contribution in [1.82, 2.24) is 9.88 Å². The van der Waals surface area contributed by atoms with E-state index in [2.05, 4.69) is 17.1 Å². The van der Waals surface area contributed by atoms with Crippen LogP contribution >= 0.6 is 0 Å². The lowest BCUT2D eigenvalue weighted by atomic mass is 9.98. The van der Waals surface area contributed by atoms with Crippen LogP contribution in [-0.2, 0) is 20.7 Å². The summed E-state index contributed by atoms with van der Waals surface area (Å²) in [5.41, 5.74) is 1.20. The lowest BCUT2D eigenvalue weighted by molar-refractivity contribution is -0.137. The van der Waals surface area contributed by atoms with E-state index in [0.29, 0.717) is 19.8 Å². The van der Waals surface area contributed by atoms with Gasteiger partial charge in [0.1, 0.15) is 12.4 Å². The standard InChI is InChI=1S/C20H26N2O4/c1-24-10-11-25-15-19(23)22-9-5-8-17(14-22)20-21-13-18(26-20)12-16-6-3-2-4-7-16/h2-4,6-7,13,17H,5,8-12,14-15H2,1H3/t17-/m1/s1. The number of hydrogen-bond donors (Lipinski definition) is 0. The highest BCUT2D eigenvalue weighted by molar-refractivity contribution is 5.77. The molecule has 1 fully saturated rings. The summed E-state index contributed by atoms with van der Waals surface area (Å²) in [6.45, 7) is 2.43. The SMILES string of the molecule is COCCOCC(=O)N1CCC[C@@H](c2ncc(Cc3ccccc3)o2)C1. The molecule has 1 atom stereocenters. The van der Waals surface area contributed by atoms with Crippen molar-refractivity contribution >= 4 is 5.91 Å². The molecule has 0 saturated carbocycles. The van der Waals surface area contributed by atoms with Gasteiger partial charge in [0, 0.05) is 26.6 Å². The van der Waals surface area contributed by atoms with Gasteiger partial charge in [0.15, 0.2) is 5.89 Å². The molecular formula is C20H26N2O4. The van der Waals surface area contributed by atoms with Crippen LogP contribution in [0.15, 0.2) is 40.9 Å². The molecule has 0 unspecified atom stereocenters. The predicted octanol–water partition coefficient (Wildman–Crippen LogP) is 2.63. The number of rotatable bonds is 8. The molecule has 0 N–H and O–H groups in total. The van der Waals surface area contributed by atoms with Gasteiger partial charge < -0.3 is 18.8 Å². The maximum Gasteiger partial charge on any atom is 0.248 e. The zero-order chi connectivity index (χ0) is 18.2. The van der Waals surface area contributed by atoms with Crippen molar-refractivity contribution in [1.29, 1.82) is 0 Å². The molecule has 0 bridgehead atoms. The summed E-state index contributed by atoms with van der Waals surface area (Å²) in [7, 11) is 1.61. The van der Waals surface area contributed by atoms with Crippen molar-refractivity contribution in [3.8, 4) is 0 Å². The maximum atomic E-state index is 12.3. The largest absolute Gasteiger partial charge is 0.445 e. The van der Waals surface area contributed by atoms with Crippen molar-refractivity contribution in [2.75, 3.05) is 40.0 Å². The van der Waals surface area contributed by atoms with E-state index in [-0.39, 0.29) is 18.4 Å². The molecule has 6 heteroatoms. The van der Waals surface area contributed by atoms with Gasteiger partial charge in [0.2, 0.25) is 5.91 Å². The molecule has 1 amide bonds. The first-order valence-corrected chi connectivity index (χ1v) is 9.09. The van der Waals surface area contributed by atoms with Crippen LogP contribution in [0.4, 0.5) is 0 Å². The smallest absolute Gasteiger partial charge is 0.248 e. The van der Waals surface area contributed by atoms with E-state index in [4.69, 9.17) is 13.9 Å². The average Bonchev–Trinajstić information content (AvgIpc) is 3.14. The van der Waals surface area contributed by atoms with Crippen LogP contribution in [0.2, 0.25) is 0 Å². The van der Waals surface area contributed by atoms with Crippen LogP contribution in [-0.4, -0.2) is 55.8 Å². The zero-order valence-electron chi connectivity index (χ0n) is 15.2. The summed E-state index contributed by atoms with van der Waals surface area (Å²) in [5, 5.41) is 0. The van der Waals surface area contributed by atoms with Crippen molar-refractivity contribution in [2.45, 2.75) is 25.2 Å². The number of oxazole rings is 1. The Kier molecular flexibility index (Phi) is 6.80. The van der Waals surface area contributed by atoms with Gasteiger partial charge in [-0.05, 0) is 18.4 Å². The Labute approximate surface area is 154 Å². The van der Waals surface area contributed by atoms with Crippen molar-refractivity contribution in [2.24, 2.45) is 0 Å². The fraction of sp³-hybridized carbons (Fsp3) is 0.500. The molecule has 3 rings (SSSR count). The van der Waals surface area contributed by atoms with E-state index in [9.17, 15) is 4.79 Å². The summed E-state index contributed by atoms with van der Waals surface area (Å²) in [6.07, 6.45) is 4.47. The third-order valence-corrected chi connectivity index (χ3v) is 4.57. The van der Waals surface area contributed by atoms with E-state index < -0.39 is 0 Å². The second-order valence-electron chi connectivity index (χ2n) is 6.55. The minimum absolute atomic E-state index is 0.0156. The van der Waals surface area contributed by atoms with E-state index in [1.807, 2.05) is 23.1 Å². The van der Waals surface area contributed by atoms with Gasteiger partial charge in [-0.3, -0.25) is 4.79 Å². The normalized spacial score (nSPS) is 17.4. The molecule has 1 saturated heterocycles. The fourth-order valence-electron chi connectivity index (χ4n) is 3.19. The highest BCUT2D eigenvalue weighted by Crippen LogP contribution is 2.27. The molecule has 2 aromatic rings. The second-order valence-corrected chi connectivity index (χ2v) is 6.55. The number of hydrogen-bond acceptors (Lipinski definition) is 5. The number of nitrogens with zero attached hydrogens (tertiary/aromatic N) is 2. The lowest BCUT2D eigenvalue weighted by Gasteiger charge is -2.31. The van der Waals surface area contributed by atoms with Crippen molar-refractivity contribution in [3.63, 3.8) is 0 Å². The van der Waals surface area contributed by atoms with E-state index in [1.54, 1.807) is 13.3 Å². The molecule has 1 aliphatic heterocycles. The van der Waals surface area contributed by atoms with Crippen LogP contribution in [0.1, 0.15) is 36.0 Å². The number of carbonyl (C=O) groups excluding carboxylic acids is 1. The Morgan fingerprint density at radius 2 is 2.15 bits per heavy atom. The number of likely N-dealkylation sites (tertiary alicyclic amines) is 1. The second kappa shape index (κ2) is 9.50. The van der Waals surface area contributed by atoms with E-state index >= 15 is 0 Å². The van der Waals surface area contributed by atoms with E-state index in [0.717, 1.165) is 37.5 Å². The average molecular weight is 358 g/mol. The molecule has 26 heavy (non-hydrogen) atoms. The lowest BCUT2D eigenvalue weighted by Crippen LogP contribution is -2.41. The molecule has 0 radical (unpaired) electrons. The number of amides is 1.